The second-order valence-electron chi connectivity index (χ2n) is 8.63. The Balaban J connectivity index is 0.00000118. The lowest BCUT2D eigenvalue weighted by atomic mass is 10.0. The summed E-state index contributed by atoms with van der Waals surface area (Å²) in [6.45, 7) is 11.0. The number of unbranched alkanes of at least 4 members (excludes halogenated alkanes) is 7. The van der Waals surface area contributed by atoms with Gasteiger partial charge in [0.1, 0.15) is 5.75 Å². The van der Waals surface area contributed by atoms with E-state index in [2.05, 4.69) is 43.9 Å². The number of nitrogens with two attached hydrogens (primary N) is 1. The molecule has 0 aliphatic heterocycles. The number of benzene rings is 1. The van der Waals surface area contributed by atoms with E-state index in [1.165, 1.54) is 58.3 Å². The van der Waals surface area contributed by atoms with Gasteiger partial charge in [-0.25, -0.2) is 0 Å². The van der Waals surface area contributed by atoms with Gasteiger partial charge < -0.3 is 15.0 Å². The molecule has 1 aromatic carbocycles. The van der Waals surface area contributed by atoms with Gasteiger partial charge >= 0.3 is 0 Å². The van der Waals surface area contributed by atoms with Crippen LogP contribution in [0.4, 0.5) is 0 Å². The lowest BCUT2D eigenvalue weighted by molar-refractivity contribution is 0.302. The van der Waals surface area contributed by atoms with Crippen LogP contribution in [0.15, 0.2) is 22.7 Å². The summed E-state index contributed by atoms with van der Waals surface area (Å²) in [6, 6.07) is 6.15. The second kappa shape index (κ2) is 16.3. The zero-order valence-corrected chi connectivity index (χ0v) is 20.9. The van der Waals surface area contributed by atoms with Gasteiger partial charge in [0.25, 0.3) is 0 Å². The molecule has 6 nitrogen and oxygen atoms in total. The number of hydrogen-bond acceptors (Lipinski definition) is 5. The van der Waals surface area contributed by atoms with E-state index in [0.29, 0.717) is 11.7 Å². The predicted octanol–water partition coefficient (Wildman–Crippen LogP) is 7.41. The van der Waals surface area contributed by atoms with Crippen LogP contribution in [-0.2, 0) is 0 Å². The highest BCUT2D eigenvalue weighted by Crippen LogP contribution is 2.27. The summed E-state index contributed by atoms with van der Waals surface area (Å²) < 4.78 is 11.5. The second-order valence-corrected chi connectivity index (χ2v) is 8.63. The average Bonchev–Trinajstić information content (AvgIpc) is 3.25. The van der Waals surface area contributed by atoms with E-state index in [1.807, 2.05) is 12.1 Å². The first-order valence-corrected chi connectivity index (χ1v) is 12.3. The van der Waals surface area contributed by atoms with Crippen molar-refractivity contribution in [1.82, 2.24) is 10.1 Å². The van der Waals surface area contributed by atoms with Crippen LogP contribution in [0.3, 0.4) is 0 Å². The third-order valence-corrected chi connectivity index (χ3v) is 5.29. The molecule has 0 aliphatic rings. The standard InChI is InChI=1S/C24H38N2O2.C2H6N2/c1-5-7-9-10-11-12-13-17-27-22-16-15-21(18-20(22)4)23-25-24(28-26-23)19(3)14-8-6-2;1-2(3)4/h15-16,18-19H,5-14,17H2,1-4H3;1H3,(H3,3,4)/t19-;/m0./s1. The first kappa shape index (κ1) is 27.7. The maximum absolute atomic E-state index is 6.28. The van der Waals surface area contributed by atoms with Crippen molar-refractivity contribution in [3.63, 3.8) is 0 Å². The maximum Gasteiger partial charge on any atom is 0.229 e. The molecule has 3 N–H and O–H groups in total. The SMILES string of the molecule is CC(=N)N.CCCCCCCCCOc1ccc(-c2noc([C@@H](C)CCCC)n2)cc1C. The van der Waals surface area contributed by atoms with Gasteiger partial charge in [-0.3, -0.25) is 5.41 Å². The van der Waals surface area contributed by atoms with Crippen LogP contribution < -0.4 is 10.5 Å². The van der Waals surface area contributed by atoms with Crippen LogP contribution in [0.5, 0.6) is 5.75 Å². The van der Waals surface area contributed by atoms with Crippen LogP contribution in [0.25, 0.3) is 11.4 Å². The molecule has 1 aromatic heterocycles. The highest BCUT2D eigenvalue weighted by Gasteiger charge is 2.15. The van der Waals surface area contributed by atoms with Gasteiger partial charge in [-0.2, -0.15) is 4.98 Å². The van der Waals surface area contributed by atoms with Crippen molar-refractivity contribution < 1.29 is 9.26 Å². The molecule has 0 amide bonds. The Bertz CT molecular complexity index is 769. The number of rotatable bonds is 14. The van der Waals surface area contributed by atoms with Gasteiger partial charge in [0, 0.05) is 11.5 Å². The van der Waals surface area contributed by atoms with Crippen LogP contribution in [0.2, 0.25) is 0 Å². The van der Waals surface area contributed by atoms with Gasteiger partial charge in [0.15, 0.2) is 0 Å². The summed E-state index contributed by atoms with van der Waals surface area (Å²) in [5, 5.41) is 10.5. The molecule has 0 aliphatic carbocycles. The molecule has 0 fully saturated rings. The molecule has 0 radical (unpaired) electrons. The number of aryl methyl sites for hydroxylation is 1. The normalized spacial score (nSPS) is 11.5. The molecular weight excluding hydrogens is 400 g/mol. The fraction of sp³-hybridized carbons (Fsp3) is 0.654. The Kier molecular flexibility index (Phi) is 14.1. The Morgan fingerprint density at radius 2 is 1.69 bits per heavy atom. The molecule has 2 rings (SSSR count). The third kappa shape index (κ3) is 11.3. The number of nitrogens with zero attached hydrogens (tertiary/aromatic N) is 2. The summed E-state index contributed by atoms with van der Waals surface area (Å²) >= 11 is 0. The molecule has 0 saturated heterocycles. The van der Waals surface area contributed by atoms with Crippen molar-refractivity contribution in [3.8, 4) is 17.1 Å². The highest BCUT2D eigenvalue weighted by molar-refractivity contribution is 5.73. The fourth-order valence-corrected chi connectivity index (χ4v) is 3.38. The van der Waals surface area contributed by atoms with Crippen LogP contribution in [0, 0.1) is 12.3 Å². The maximum atomic E-state index is 6.28. The first-order valence-electron chi connectivity index (χ1n) is 12.3. The van der Waals surface area contributed by atoms with E-state index >= 15 is 0 Å². The van der Waals surface area contributed by atoms with E-state index < -0.39 is 0 Å². The molecule has 1 heterocycles. The van der Waals surface area contributed by atoms with Crippen molar-refractivity contribution >= 4 is 5.84 Å². The van der Waals surface area contributed by atoms with Gasteiger partial charge in [-0.05, 0) is 50.5 Å². The first-order chi connectivity index (χ1) is 15.4. The Morgan fingerprint density at radius 3 is 2.31 bits per heavy atom. The molecule has 32 heavy (non-hydrogen) atoms. The van der Waals surface area contributed by atoms with Gasteiger partial charge in [0.05, 0.1) is 12.4 Å². The van der Waals surface area contributed by atoms with Crippen molar-refractivity contribution in [2.75, 3.05) is 6.61 Å². The van der Waals surface area contributed by atoms with Crippen molar-refractivity contribution in [2.24, 2.45) is 5.73 Å². The minimum absolute atomic E-state index is 0.167. The summed E-state index contributed by atoms with van der Waals surface area (Å²) in [5.74, 6) is 2.84. The molecule has 6 heteroatoms. The van der Waals surface area contributed by atoms with E-state index in [4.69, 9.17) is 20.4 Å². The Hall–Kier alpha value is -2.37. The van der Waals surface area contributed by atoms with E-state index in [0.717, 1.165) is 42.2 Å². The van der Waals surface area contributed by atoms with Gasteiger partial charge in [-0.1, -0.05) is 77.3 Å². The molecule has 1 atom stereocenters. The highest BCUT2D eigenvalue weighted by atomic mass is 16.5. The quantitative estimate of drug-likeness (QED) is 0.179. The lowest BCUT2D eigenvalue weighted by Crippen LogP contribution is -2.00. The summed E-state index contributed by atoms with van der Waals surface area (Å²) in [7, 11) is 0. The smallest absolute Gasteiger partial charge is 0.229 e. The summed E-state index contributed by atoms with van der Waals surface area (Å²) in [4.78, 5) is 4.60. The predicted molar refractivity (Wildman–Crippen MR) is 133 cm³/mol. The largest absolute Gasteiger partial charge is 0.493 e. The number of hydrogen-bond donors (Lipinski definition) is 2. The van der Waals surface area contributed by atoms with E-state index in [-0.39, 0.29) is 5.84 Å². The third-order valence-electron chi connectivity index (χ3n) is 5.29. The Morgan fingerprint density at radius 1 is 1.06 bits per heavy atom. The van der Waals surface area contributed by atoms with Crippen molar-refractivity contribution in [3.05, 3.63) is 29.7 Å². The van der Waals surface area contributed by atoms with Crippen molar-refractivity contribution in [2.45, 2.75) is 105 Å². The van der Waals surface area contributed by atoms with Crippen LogP contribution in [-0.4, -0.2) is 22.6 Å². The molecule has 0 spiro atoms. The monoisotopic (exact) mass is 444 g/mol. The van der Waals surface area contributed by atoms with Crippen molar-refractivity contribution in [1.29, 1.82) is 5.41 Å². The molecule has 180 valence electrons. The molecule has 0 bridgehead atoms. The zero-order chi connectivity index (χ0) is 23.8. The average molecular weight is 445 g/mol. The van der Waals surface area contributed by atoms with Crippen LogP contribution in [0.1, 0.15) is 109 Å². The van der Waals surface area contributed by atoms with Gasteiger partial charge in [0.2, 0.25) is 11.7 Å². The fourth-order valence-electron chi connectivity index (χ4n) is 3.38. The zero-order valence-electron chi connectivity index (χ0n) is 20.9. The summed E-state index contributed by atoms with van der Waals surface area (Å²) in [5.41, 5.74) is 6.80. The topological polar surface area (TPSA) is 98.0 Å². The molecule has 2 aromatic rings. The molecular formula is C26H44N4O2. The minimum Gasteiger partial charge on any atom is -0.493 e. The lowest BCUT2D eigenvalue weighted by Gasteiger charge is -2.10. The number of amidine groups is 1. The number of aromatic nitrogens is 2. The molecule has 0 saturated carbocycles. The van der Waals surface area contributed by atoms with Gasteiger partial charge in [-0.15, -0.1) is 0 Å². The number of nitrogens with one attached hydrogen (secondary N) is 1. The number of ether oxygens (including phenoxy) is 1. The Labute approximate surface area is 194 Å². The van der Waals surface area contributed by atoms with E-state index in [1.54, 1.807) is 0 Å². The molecule has 0 unspecified atom stereocenters. The minimum atomic E-state index is 0.167. The summed E-state index contributed by atoms with van der Waals surface area (Å²) in [6.07, 6.45) is 12.5. The van der Waals surface area contributed by atoms with Crippen LogP contribution >= 0.6 is 0 Å². The van der Waals surface area contributed by atoms with E-state index in [9.17, 15) is 0 Å².